The molecule has 0 spiro atoms. The van der Waals surface area contributed by atoms with Crippen LogP contribution in [0.5, 0.6) is 0 Å². The fourth-order valence-corrected chi connectivity index (χ4v) is 2.68. The summed E-state index contributed by atoms with van der Waals surface area (Å²) in [6, 6.07) is 13.9. The zero-order valence-corrected chi connectivity index (χ0v) is 14.0. The second kappa shape index (κ2) is 7.13. The molecule has 0 saturated heterocycles. The van der Waals surface area contributed by atoms with Crippen molar-refractivity contribution in [1.82, 2.24) is 10.3 Å². The third kappa shape index (κ3) is 3.71. The molecule has 2 N–H and O–H groups in total. The molecule has 0 unspecified atom stereocenters. The van der Waals surface area contributed by atoms with Gasteiger partial charge in [-0.15, -0.1) is 0 Å². The van der Waals surface area contributed by atoms with E-state index in [1.165, 1.54) is 16.7 Å². The number of urea groups is 1. The molecular weight excluding hydrogens is 298 g/mol. The Morgan fingerprint density at radius 3 is 2.79 bits per heavy atom. The molecule has 0 aliphatic rings. The Morgan fingerprint density at radius 2 is 1.96 bits per heavy atom. The highest BCUT2D eigenvalue weighted by Gasteiger charge is 2.05. The van der Waals surface area contributed by atoms with Gasteiger partial charge in [-0.1, -0.05) is 30.3 Å². The molecule has 2 aromatic carbocycles. The quantitative estimate of drug-likeness (QED) is 0.756. The summed E-state index contributed by atoms with van der Waals surface area (Å²) in [5.41, 5.74) is 4.59. The number of anilines is 1. The standard InChI is InChI=1S/C20H21N3O/c1-14-6-7-16(12-15(14)2)8-11-22-20(24)23-19-5-3-4-17-13-21-10-9-18(17)19/h3-7,9-10,12-13H,8,11H2,1-2H3,(H2,22,23,24). The van der Waals surface area contributed by atoms with Gasteiger partial charge in [0.1, 0.15) is 0 Å². The van der Waals surface area contributed by atoms with Gasteiger partial charge in [0.05, 0.1) is 5.69 Å². The topological polar surface area (TPSA) is 54.0 Å². The third-order valence-electron chi connectivity index (χ3n) is 4.20. The van der Waals surface area contributed by atoms with E-state index in [-0.39, 0.29) is 6.03 Å². The number of carbonyl (C=O) groups is 1. The van der Waals surface area contributed by atoms with Gasteiger partial charge < -0.3 is 10.6 Å². The minimum atomic E-state index is -0.192. The largest absolute Gasteiger partial charge is 0.338 e. The Morgan fingerprint density at radius 1 is 1.08 bits per heavy atom. The smallest absolute Gasteiger partial charge is 0.319 e. The summed E-state index contributed by atoms with van der Waals surface area (Å²) in [5, 5.41) is 7.81. The highest BCUT2D eigenvalue weighted by Crippen LogP contribution is 2.21. The Bertz CT molecular complexity index is 868. The first-order valence-electron chi connectivity index (χ1n) is 8.07. The number of rotatable bonds is 4. The van der Waals surface area contributed by atoms with Crippen LogP contribution < -0.4 is 10.6 Å². The number of fused-ring (bicyclic) bond motifs is 1. The van der Waals surface area contributed by atoms with Crippen LogP contribution in [-0.4, -0.2) is 17.6 Å². The third-order valence-corrected chi connectivity index (χ3v) is 4.20. The second-order valence-electron chi connectivity index (χ2n) is 5.95. The number of hydrogen-bond donors (Lipinski definition) is 2. The van der Waals surface area contributed by atoms with Gasteiger partial charge in [0, 0.05) is 29.7 Å². The summed E-state index contributed by atoms with van der Waals surface area (Å²) in [4.78, 5) is 16.2. The van der Waals surface area contributed by atoms with Crippen LogP contribution in [0.2, 0.25) is 0 Å². The molecule has 0 atom stereocenters. The number of nitrogens with one attached hydrogen (secondary N) is 2. The predicted octanol–water partition coefficient (Wildman–Crippen LogP) is 4.22. The molecule has 0 aliphatic heterocycles. The van der Waals surface area contributed by atoms with E-state index in [2.05, 4.69) is 47.7 Å². The summed E-state index contributed by atoms with van der Waals surface area (Å²) in [5.74, 6) is 0. The van der Waals surface area contributed by atoms with Crippen LogP contribution in [0, 0.1) is 13.8 Å². The average Bonchev–Trinajstić information content (AvgIpc) is 2.58. The van der Waals surface area contributed by atoms with Gasteiger partial charge in [-0.3, -0.25) is 4.98 Å². The molecule has 4 nitrogen and oxygen atoms in total. The Labute approximate surface area is 141 Å². The minimum Gasteiger partial charge on any atom is -0.338 e. The number of aryl methyl sites for hydroxylation is 2. The van der Waals surface area contributed by atoms with Crippen molar-refractivity contribution in [3.63, 3.8) is 0 Å². The van der Waals surface area contributed by atoms with Crippen molar-refractivity contribution in [2.24, 2.45) is 0 Å². The Kier molecular flexibility index (Phi) is 4.75. The summed E-state index contributed by atoms with van der Waals surface area (Å²) in [6.45, 7) is 4.81. The van der Waals surface area contributed by atoms with E-state index in [4.69, 9.17) is 0 Å². The lowest BCUT2D eigenvalue weighted by atomic mass is 10.0. The molecule has 0 aliphatic carbocycles. The van der Waals surface area contributed by atoms with Gasteiger partial charge >= 0.3 is 6.03 Å². The maximum absolute atomic E-state index is 12.1. The lowest BCUT2D eigenvalue weighted by Gasteiger charge is -2.10. The van der Waals surface area contributed by atoms with Crippen LogP contribution in [-0.2, 0) is 6.42 Å². The summed E-state index contributed by atoms with van der Waals surface area (Å²) in [7, 11) is 0. The van der Waals surface area contributed by atoms with E-state index in [0.717, 1.165) is 22.9 Å². The molecule has 24 heavy (non-hydrogen) atoms. The number of pyridine rings is 1. The van der Waals surface area contributed by atoms with Crippen LogP contribution in [0.1, 0.15) is 16.7 Å². The molecule has 0 bridgehead atoms. The lowest BCUT2D eigenvalue weighted by molar-refractivity contribution is 0.252. The van der Waals surface area contributed by atoms with E-state index >= 15 is 0 Å². The molecule has 1 aromatic heterocycles. The zero-order valence-electron chi connectivity index (χ0n) is 14.0. The van der Waals surface area contributed by atoms with Gasteiger partial charge in [-0.25, -0.2) is 4.79 Å². The van der Waals surface area contributed by atoms with Gasteiger partial charge in [0.15, 0.2) is 0 Å². The van der Waals surface area contributed by atoms with Gasteiger partial charge in [0.25, 0.3) is 0 Å². The van der Waals surface area contributed by atoms with Crippen molar-refractivity contribution in [1.29, 1.82) is 0 Å². The molecule has 0 saturated carbocycles. The fraction of sp³-hybridized carbons (Fsp3) is 0.200. The minimum absolute atomic E-state index is 0.192. The Balaban J connectivity index is 1.58. The second-order valence-corrected chi connectivity index (χ2v) is 5.95. The lowest BCUT2D eigenvalue weighted by Crippen LogP contribution is -2.30. The number of benzene rings is 2. The Hall–Kier alpha value is -2.88. The number of carbonyl (C=O) groups excluding carboxylic acids is 1. The van der Waals surface area contributed by atoms with Gasteiger partial charge in [0.2, 0.25) is 0 Å². The summed E-state index contributed by atoms with van der Waals surface area (Å²) >= 11 is 0. The number of amides is 2. The van der Waals surface area contributed by atoms with E-state index in [1.807, 2.05) is 24.3 Å². The van der Waals surface area contributed by atoms with Gasteiger partial charge in [-0.05, 0) is 49.1 Å². The molecule has 122 valence electrons. The highest BCUT2D eigenvalue weighted by molar-refractivity contribution is 6.01. The maximum Gasteiger partial charge on any atom is 0.319 e. The molecule has 1 heterocycles. The molecule has 2 amide bonds. The van der Waals surface area contributed by atoms with Crippen molar-refractivity contribution in [3.8, 4) is 0 Å². The van der Waals surface area contributed by atoms with Crippen molar-refractivity contribution in [2.75, 3.05) is 11.9 Å². The monoisotopic (exact) mass is 319 g/mol. The summed E-state index contributed by atoms with van der Waals surface area (Å²) in [6.07, 6.45) is 4.33. The van der Waals surface area contributed by atoms with Crippen LogP contribution in [0.3, 0.4) is 0 Å². The normalized spacial score (nSPS) is 10.6. The molecule has 3 rings (SSSR count). The molecular formula is C20H21N3O. The first kappa shape index (κ1) is 16.0. The number of nitrogens with zero attached hydrogens (tertiary/aromatic N) is 1. The highest BCUT2D eigenvalue weighted by atomic mass is 16.2. The van der Waals surface area contributed by atoms with Crippen molar-refractivity contribution >= 4 is 22.5 Å². The first-order valence-corrected chi connectivity index (χ1v) is 8.07. The van der Waals surface area contributed by atoms with Gasteiger partial charge in [-0.2, -0.15) is 0 Å². The zero-order chi connectivity index (χ0) is 16.9. The molecule has 0 fully saturated rings. The van der Waals surface area contributed by atoms with Crippen molar-refractivity contribution < 1.29 is 4.79 Å². The van der Waals surface area contributed by atoms with Crippen molar-refractivity contribution in [3.05, 3.63) is 71.5 Å². The molecule has 0 radical (unpaired) electrons. The van der Waals surface area contributed by atoms with Crippen LogP contribution in [0.25, 0.3) is 10.8 Å². The first-order chi connectivity index (χ1) is 11.6. The van der Waals surface area contributed by atoms with E-state index < -0.39 is 0 Å². The van der Waals surface area contributed by atoms with Crippen LogP contribution in [0.15, 0.2) is 54.9 Å². The van der Waals surface area contributed by atoms with Crippen molar-refractivity contribution in [2.45, 2.75) is 20.3 Å². The molecule has 4 heteroatoms. The maximum atomic E-state index is 12.1. The van der Waals surface area contributed by atoms with Crippen LogP contribution >= 0.6 is 0 Å². The summed E-state index contributed by atoms with van der Waals surface area (Å²) < 4.78 is 0. The predicted molar refractivity (Wildman–Crippen MR) is 98.4 cm³/mol. The average molecular weight is 319 g/mol. The van der Waals surface area contributed by atoms with Crippen LogP contribution in [0.4, 0.5) is 10.5 Å². The van der Waals surface area contributed by atoms with E-state index in [9.17, 15) is 4.79 Å². The SMILES string of the molecule is Cc1ccc(CCNC(=O)Nc2cccc3cnccc23)cc1C. The molecule has 3 aromatic rings. The fourth-order valence-electron chi connectivity index (χ4n) is 2.68. The van der Waals surface area contributed by atoms with E-state index in [1.54, 1.807) is 12.4 Å². The number of aromatic nitrogens is 1. The number of hydrogen-bond acceptors (Lipinski definition) is 2. The van der Waals surface area contributed by atoms with E-state index in [0.29, 0.717) is 6.54 Å².